The second-order valence-corrected chi connectivity index (χ2v) is 6.41. The minimum atomic E-state index is -4.64. The van der Waals surface area contributed by atoms with Crippen molar-refractivity contribution in [1.29, 1.82) is 0 Å². The van der Waals surface area contributed by atoms with Gasteiger partial charge in [-0.15, -0.1) is 13.2 Å². The molecule has 1 aliphatic carbocycles. The number of nitrogens with two attached hydrogens (primary N) is 1. The maximum atomic E-state index is 12.3. The van der Waals surface area contributed by atoms with Crippen LogP contribution in [0.3, 0.4) is 0 Å². The van der Waals surface area contributed by atoms with Crippen LogP contribution in [0, 0.1) is 11.8 Å². The Bertz CT molecular complexity index is 520. The van der Waals surface area contributed by atoms with E-state index in [-0.39, 0.29) is 11.8 Å². The van der Waals surface area contributed by atoms with E-state index in [0.29, 0.717) is 18.4 Å². The molecular weight excluding hydrogens is 293 g/mol. The fraction of sp³-hybridized carbons (Fsp3) is 0.625. The molecule has 2 aliphatic rings. The van der Waals surface area contributed by atoms with Crippen LogP contribution in [0.2, 0.25) is 0 Å². The molecule has 1 aromatic rings. The number of benzene rings is 1. The van der Waals surface area contributed by atoms with Crippen molar-refractivity contribution in [3.63, 3.8) is 0 Å². The van der Waals surface area contributed by atoms with E-state index in [1.807, 2.05) is 6.07 Å². The van der Waals surface area contributed by atoms with Gasteiger partial charge in [-0.25, -0.2) is 0 Å². The van der Waals surface area contributed by atoms with E-state index in [9.17, 15) is 13.2 Å². The summed E-state index contributed by atoms with van der Waals surface area (Å²) in [5.74, 6) is 1.01. The Hall–Kier alpha value is -1.27. The van der Waals surface area contributed by atoms with E-state index in [0.717, 1.165) is 25.1 Å². The molecule has 2 fully saturated rings. The Balaban J connectivity index is 1.63. The number of ether oxygens (including phenoxy) is 1. The average molecular weight is 314 g/mol. The predicted molar refractivity (Wildman–Crippen MR) is 77.2 cm³/mol. The molecule has 2 N–H and O–H groups in total. The van der Waals surface area contributed by atoms with Gasteiger partial charge in [0.1, 0.15) is 5.75 Å². The first-order valence-electron chi connectivity index (χ1n) is 7.73. The summed E-state index contributed by atoms with van der Waals surface area (Å²) in [5, 5.41) is 0. The van der Waals surface area contributed by atoms with Gasteiger partial charge in [0, 0.05) is 25.7 Å². The topological polar surface area (TPSA) is 38.5 Å². The molecule has 0 aromatic heterocycles. The summed E-state index contributed by atoms with van der Waals surface area (Å²) in [4.78, 5) is 2.30. The van der Waals surface area contributed by atoms with E-state index >= 15 is 0 Å². The fourth-order valence-corrected chi connectivity index (χ4v) is 3.84. The largest absolute Gasteiger partial charge is 0.573 e. The van der Waals surface area contributed by atoms with Gasteiger partial charge in [0.2, 0.25) is 0 Å². The first kappa shape index (κ1) is 15.6. The van der Waals surface area contributed by atoms with Crippen LogP contribution < -0.4 is 10.5 Å². The van der Waals surface area contributed by atoms with Gasteiger partial charge < -0.3 is 10.5 Å². The molecular formula is C16H21F3N2O. The van der Waals surface area contributed by atoms with Gasteiger partial charge >= 0.3 is 6.36 Å². The van der Waals surface area contributed by atoms with Crippen LogP contribution in [0.15, 0.2) is 24.3 Å². The molecule has 3 atom stereocenters. The Morgan fingerprint density at radius 3 is 2.77 bits per heavy atom. The molecule has 6 heteroatoms. The van der Waals surface area contributed by atoms with Crippen molar-refractivity contribution in [1.82, 2.24) is 4.90 Å². The van der Waals surface area contributed by atoms with Crippen molar-refractivity contribution in [2.75, 3.05) is 13.1 Å². The van der Waals surface area contributed by atoms with Gasteiger partial charge in [0.25, 0.3) is 0 Å². The van der Waals surface area contributed by atoms with Gasteiger partial charge in [0.05, 0.1) is 0 Å². The predicted octanol–water partition coefficient (Wildman–Crippen LogP) is 3.14. The van der Waals surface area contributed by atoms with Crippen molar-refractivity contribution in [3.05, 3.63) is 29.8 Å². The third-order valence-corrected chi connectivity index (χ3v) is 4.77. The molecule has 0 radical (unpaired) electrons. The van der Waals surface area contributed by atoms with Crippen LogP contribution in [0.4, 0.5) is 13.2 Å². The second kappa shape index (κ2) is 6.08. The Morgan fingerprint density at radius 1 is 1.23 bits per heavy atom. The van der Waals surface area contributed by atoms with Crippen LogP contribution in [0.1, 0.15) is 24.8 Å². The summed E-state index contributed by atoms with van der Waals surface area (Å²) in [7, 11) is 0. The van der Waals surface area contributed by atoms with Gasteiger partial charge in [0.15, 0.2) is 0 Å². The third-order valence-electron chi connectivity index (χ3n) is 4.77. The zero-order chi connectivity index (χ0) is 15.7. The molecule has 1 heterocycles. The lowest BCUT2D eigenvalue weighted by molar-refractivity contribution is -0.274. The summed E-state index contributed by atoms with van der Waals surface area (Å²) in [6.45, 7) is 2.58. The van der Waals surface area contributed by atoms with Crippen molar-refractivity contribution in [2.24, 2.45) is 17.6 Å². The number of fused-ring (bicyclic) bond motifs is 1. The highest BCUT2D eigenvalue weighted by Crippen LogP contribution is 2.36. The summed E-state index contributed by atoms with van der Waals surface area (Å²) >= 11 is 0. The Labute approximate surface area is 128 Å². The lowest BCUT2D eigenvalue weighted by atomic mass is 9.78. The third kappa shape index (κ3) is 3.73. The number of likely N-dealkylation sites (tertiary alicyclic amines) is 1. The average Bonchev–Trinajstić information content (AvgIpc) is 2.81. The smallest absolute Gasteiger partial charge is 0.406 e. The quantitative estimate of drug-likeness (QED) is 0.931. The zero-order valence-corrected chi connectivity index (χ0v) is 12.4. The minimum absolute atomic E-state index is 0.154. The number of hydrogen-bond donors (Lipinski definition) is 1. The van der Waals surface area contributed by atoms with Gasteiger partial charge in [-0.2, -0.15) is 0 Å². The van der Waals surface area contributed by atoms with Crippen LogP contribution >= 0.6 is 0 Å². The molecule has 0 amide bonds. The first-order valence-corrected chi connectivity index (χ1v) is 7.73. The van der Waals surface area contributed by atoms with Gasteiger partial charge in [-0.3, -0.25) is 4.90 Å². The fourth-order valence-electron chi connectivity index (χ4n) is 3.84. The maximum absolute atomic E-state index is 12.3. The lowest BCUT2D eigenvalue weighted by Crippen LogP contribution is -2.38. The maximum Gasteiger partial charge on any atom is 0.573 e. The minimum Gasteiger partial charge on any atom is -0.406 e. The van der Waals surface area contributed by atoms with Gasteiger partial charge in [-0.05, 0) is 42.4 Å². The molecule has 1 saturated heterocycles. The van der Waals surface area contributed by atoms with E-state index in [2.05, 4.69) is 9.64 Å². The first-order chi connectivity index (χ1) is 10.4. The number of nitrogens with zero attached hydrogens (tertiary/aromatic N) is 1. The van der Waals surface area contributed by atoms with Gasteiger partial charge in [-0.1, -0.05) is 18.6 Å². The van der Waals surface area contributed by atoms with E-state index < -0.39 is 6.36 Å². The van der Waals surface area contributed by atoms with Crippen LogP contribution in [-0.2, 0) is 6.54 Å². The number of halogens is 3. The molecule has 122 valence electrons. The lowest BCUT2D eigenvalue weighted by Gasteiger charge is -2.29. The summed E-state index contributed by atoms with van der Waals surface area (Å²) < 4.78 is 40.8. The van der Waals surface area contributed by atoms with Crippen molar-refractivity contribution in [3.8, 4) is 5.75 Å². The highest BCUT2D eigenvalue weighted by molar-refractivity contribution is 5.28. The molecule has 3 nitrogen and oxygen atoms in total. The Morgan fingerprint density at radius 2 is 2.05 bits per heavy atom. The molecule has 3 unspecified atom stereocenters. The molecule has 1 aromatic carbocycles. The van der Waals surface area contributed by atoms with E-state index in [1.165, 1.54) is 25.0 Å². The monoisotopic (exact) mass is 314 g/mol. The molecule has 0 bridgehead atoms. The summed E-state index contributed by atoms with van der Waals surface area (Å²) in [6, 6.07) is 6.51. The van der Waals surface area contributed by atoms with Crippen LogP contribution in [-0.4, -0.2) is 30.4 Å². The number of hydrogen-bond acceptors (Lipinski definition) is 3. The van der Waals surface area contributed by atoms with Crippen molar-refractivity contribution >= 4 is 0 Å². The SMILES string of the molecule is NC1CCCC2CN(Cc3cccc(OC(F)(F)F)c3)CC12. The molecule has 0 spiro atoms. The standard InChI is InChI=1S/C16H21F3N2O/c17-16(18,19)22-13-5-1-3-11(7-13)8-21-9-12-4-2-6-15(20)14(12)10-21/h1,3,5,7,12,14-15H,2,4,6,8-10,20H2. The van der Waals surface area contributed by atoms with Crippen molar-refractivity contribution < 1.29 is 17.9 Å². The second-order valence-electron chi connectivity index (χ2n) is 6.41. The number of rotatable bonds is 3. The highest BCUT2D eigenvalue weighted by atomic mass is 19.4. The number of alkyl halides is 3. The molecule has 3 rings (SSSR count). The zero-order valence-electron chi connectivity index (χ0n) is 12.4. The summed E-state index contributed by atoms with van der Waals surface area (Å²) in [6.07, 6.45) is -1.16. The van der Waals surface area contributed by atoms with E-state index in [1.54, 1.807) is 6.07 Å². The normalized spacial score (nSPS) is 29.4. The molecule has 1 saturated carbocycles. The van der Waals surface area contributed by atoms with Crippen LogP contribution in [0.5, 0.6) is 5.75 Å². The molecule has 22 heavy (non-hydrogen) atoms. The van der Waals surface area contributed by atoms with Crippen LogP contribution in [0.25, 0.3) is 0 Å². The molecule has 1 aliphatic heterocycles. The van der Waals surface area contributed by atoms with E-state index in [4.69, 9.17) is 5.73 Å². The highest BCUT2D eigenvalue weighted by Gasteiger charge is 2.38. The Kier molecular flexibility index (Phi) is 4.32. The summed E-state index contributed by atoms with van der Waals surface area (Å²) in [5.41, 5.74) is 7.04. The van der Waals surface area contributed by atoms with Crippen molar-refractivity contribution in [2.45, 2.75) is 38.2 Å².